The van der Waals surface area contributed by atoms with Crippen LogP contribution in [0.1, 0.15) is 16.1 Å². The number of nitrogens with one attached hydrogen (secondary N) is 2. The van der Waals surface area contributed by atoms with Gasteiger partial charge in [-0.25, -0.2) is 0 Å². The van der Waals surface area contributed by atoms with Gasteiger partial charge in [-0.3, -0.25) is 9.59 Å². The molecule has 3 rings (SSSR count). The summed E-state index contributed by atoms with van der Waals surface area (Å²) in [5, 5.41) is 6.35. The molecule has 166 valence electrons. The quantitative estimate of drug-likeness (QED) is 0.466. The molecule has 32 heavy (non-hydrogen) atoms. The molecule has 0 bridgehead atoms. The van der Waals surface area contributed by atoms with Gasteiger partial charge in [-0.15, -0.1) is 0 Å². The molecule has 6 nitrogen and oxygen atoms in total. The van der Waals surface area contributed by atoms with Crippen LogP contribution in [-0.2, 0) is 4.79 Å². The third-order valence-electron chi connectivity index (χ3n) is 4.49. The molecule has 1 heterocycles. The second-order valence-electron chi connectivity index (χ2n) is 7.27. The molecule has 0 unspecified atom stereocenters. The zero-order valence-electron chi connectivity index (χ0n) is 17.7. The van der Waals surface area contributed by atoms with E-state index >= 15 is 0 Å². The van der Waals surface area contributed by atoms with Crippen molar-refractivity contribution in [1.29, 1.82) is 0 Å². The normalized spacial score (nSPS) is 11.5. The Hall–Kier alpha value is -3.06. The van der Waals surface area contributed by atoms with E-state index in [2.05, 4.69) is 10.6 Å². The summed E-state index contributed by atoms with van der Waals surface area (Å²) in [5.74, 6) is 0.147. The maximum Gasteiger partial charge on any atom is 0.267 e. The van der Waals surface area contributed by atoms with Crippen molar-refractivity contribution in [2.45, 2.75) is 0 Å². The molecule has 3 aromatic rings. The number of furan rings is 1. The Bertz CT molecular complexity index is 1120. The molecule has 0 radical (unpaired) electrons. The fraction of sp³-hybridized carbons (Fsp3) is 0.167. The molecule has 8 heteroatoms. The van der Waals surface area contributed by atoms with Crippen LogP contribution in [0.4, 0.5) is 0 Å². The number of halogens is 2. The zero-order chi connectivity index (χ0) is 23.1. The number of nitrogens with zero attached hydrogens (tertiary/aromatic N) is 1. The summed E-state index contributed by atoms with van der Waals surface area (Å²) < 4.78 is 5.86. The second-order valence-corrected chi connectivity index (χ2v) is 8.08. The van der Waals surface area contributed by atoms with Crippen molar-refractivity contribution in [2.24, 2.45) is 0 Å². The van der Waals surface area contributed by atoms with E-state index in [9.17, 15) is 9.59 Å². The van der Waals surface area contributed by atoms with Crippen LogP contribution in [0.2, 0.25) is 10.0 Å². The molecule has 2 amide bonds. The van der Waals surface area contributed by atoms with E-state index in [1.165, 1.54) is 6.08 Å². The summed E-state index contributed by atoms with van der Waals surface area (Å²) in [6.45, 7) is 1.09. The summed E-state index contributed by atoms with van der Waals surface area (Å²) in [6, 6.07) is 17.3. The summed E-state index contributed by atoms with van der Waals surface area (Å²) in [4.78, 5) is 27.3. The maximum absolute atomic E-state index is 12.8. The van der Waals surface area contributed by atoms with Gasteiger partial charge < -0.3 is 20.0 Å². The largest absolute Gasteiger partial charge is 0.457 e. The average Bonchev–Trinajstić information content (AvgIpc) is 3.24. The smallest absolute Gasteiger partial charge is 0.267 e. The first-order valence-electron chi connectivity index (χ1n) is 9.90. The Morgan fingerprint density at radius 1 is 1.00 bits per heavy atom. The number of amides is 2. The van der Waals surface area contributed by atoms with Crippen LogP contribution in [-0.4, -0.2) is 43.9 Å². The van der Waals surface area contributed by atoms with Crippen LogP contribution in [0.5, 0.6) is 0 Å². The number of carbonyl (C=O) groups is 2. The standard InChI is InChI=1S/C24H23Cl2N3O3/c1-29(2)13-12-27-24(31)21(28-23(30)16-6-4-3-5-7-16)15-18-9-11-22(32-18)17-8-10-19(25)20(26)14-17/h3-11,14-15H,12-13H2,1-2H3,(H,27,31)(H,28,30). The second kappa shape index (κ2) is 11.0. The van der Waals surface area contributed by atoms with E-state index in [0.717, 1.165) is 5.56 Å². The van der Waals surface area contributed by atoms with Crippen molar-refractivity contribution < 1.29 is 14.0 Å². The van der Waals surface area contributed by atoms with E-state index in [1.807, 2.05) is 25.1 Å². The van der Waals surface area contributed by atoms with Gasteiger partial charge in [-0.05, 0) is 56.6 Å². The highest BCUT2D eigenvalue weighted by Crippen LogP contribution is 2.30. The minimum absolute atomic E-state index is 0.0765. The van der Waals surface area contributed by atoms with Gasteiger partial charge in [-0.2, -0.15) is 0 Å². The van der Waals surface area contributed by atoms with Gasteiger partial charge in [0.25, 0.3) is 11.8 Å². The number of hydrogen-bond acceptors (Lipinski definition) is 4. The molecule has 0 aliphatic rings. The number of likely N-dealkylation sites (N-methyl/N-ethyl adjacent to an activating group) is 1. The summed E-state index contributed by atoms with van der Waals surface area (Å²) in [7, 11) is 3.82. The Balaban J connectivity index is 1.84. The van der Waals surface area contributed by atoms with Crippen molar-refractivity contribution in [3.63, 3.8) is 0 Å². The van der Waals surface area contributed by atoms with Gasteiger partial charge in [0, 0.05) is 30.3 Å². The van der Waals surface area contributed by atoms with E-state index in [1.54, 1.807) is 54.6 Å². The van der Waals surface area contributed by atoms with Crippen LogP contribution in [0.15, 0.2) is 70.8 Å². The first-order valence-corrected chi connectivity index (χ1v) is 10.7. The van der Waals surface area contributed by atoms with Gasteiger partial charge >= 0.3 is 0 Å². The third-order valence-corrected chi connectivity index (χ3v) is 5.23. The minimum Gasteiger partial charge on any atom is -0.457 e. The topological polar surface area (TPSA) is 74.6 Å². The molecule has 0 atom stereocenters. The molecule has 0 aliphatic heterocycles. The minimum atomic E-state index is -0.413. The lowest BCUT2D eigenvalue weighted by molar-refractivity contribution is -0.117. The molecular formula is C24H23Cl2N3O3. The molecule has 0 saturated heterocycles. The van der Waals surface area contributed by atoms with Crippen LogP contribution in [0, 0.1) is 0 Å². The van der Waals surface area contributed by atoms with Crippen LogP contribution < -0.4 is 10.6 Å². The molecular weight excluding hydrogens is 449 g/mol. The lowest BCUT2D eigenvalue weighted by Gasteiger charge is -2.13. The van der Waals surface area contributed by atoms with E-state index in [4.69, 9.17) is 27.6 Å². The number of benzene rings is 2. The highest BCUT2D eigenvalue weighted by atomic mass is 35.5. The Morgan fingerprint density at radius 2 is 1.75 bits per heavy atom. The molecule has 0 spiro atoms. The van der Waals surface area contributed by atoms with Crippen molar-refractivity contribution >= 4 is 41.1 Å². The van der Waals surface area contributed by atoms with E-state index in [-0.39, 0.29) is 5.70 Å². The van der Waals surface area contributed by atoms with Gasteiger partial charge in [0.15, 0.2) is 0 Å². The Kier molecular flexibility index (Phi) is 8.11. The van der Waals surface area contributed by atoms with Crippen molar-refractivity contribution in [1.82, 2.24) is 15.5 Å². The SMILES string of the molecule is CN(C)CCNC(=O)C(=Cc1ccc(-c2ccc(Cl)c(Cl)c2)o1)NC(=O)c1ccccc1. The van der Waals surface area contributed by atoms with E-state index in [0.29, 0.717) is 40.2 Å². The summed E-state index contributed by atoms with van der Waals surface area (Å²) in [5.41, 5.74) is 1.26. The lowest BCUT2D eigenvalue weighted by Crippen LogP contribution is -2.37. The van der Waals surface area contributed by atoms with Crippen LogP contribution in [0.3, 0.4) is 0 Å². The van der Waals surface area contributed by atoms with Crippen molar-refractivity contribution in [3.05, 3.63) is 87.7 Å². The number of rotatable bonds is 8. The van der Waals surface area contributed by atoms with Gasteiger partial charge in [-0.1, -0.05) is 41.4 Å². The third kappa shape index (κ3) is 6.47. The maximum atomic E-state index is 12.8. The van der Waals surface area contributed by atoms with Crippen molar-refractivity contribution in [3.8, 4) is 11.3 Å². The molecule has 1 aromatic heterocycles. The fourth-order valence-electron chi connectivity index (χ4n) is 2.81. The highest BCUT2D eigenvalue weighted by Gasteiger charge is 2.16. The van der Waals surface area contributed by atoms with Crippen molar-refractivity contribution in [2.75, 3.05) is 27.2 Å². The predicted octanol–water partition coefficient (Wildman–Crippen LogP) is 4.70. The number of carbonyl (C=O) groups excluding carboxylic acids is 2. The van der Waals surface area contributed by atoms with Gasteiger partial charge in [0.1, 0.15) is 17.2 Å². The highest BCUT2D eigenvalue weighted by molar-refractivity contribution is 6.42. The summed E-state index contributed by atoms with van der Waals surface area (Å²) in [6.07, 6.45) is 1.49. The van der Waals surface area contributed by atoms with Gasteiger partial charge in [0.2, 0.25) is 0 Å². The van der Waals surface area contributed by atoms with Crippen LogP contribution >= 0.6 is 23.2 Å². The van der Waals surface area contributed by atoms with E-state index < -0.39 is 11.8 Å². The molecule has 2 N–H and O–H groups in total. The monoisotopic (exact) mass is 471 g/mol. The molecule has 2 aromatic carbocycles. The molecule has 0 saturated carbocycles. The molecule has 0 fully saturated rings. The van der Waals surface area contributed by atoms with Gasteiger partial charge in [0.05, 0.1) is 10.0 Å². The number of hydrogen-bond donors (Lipinski definition) is 2. The lowest BCUT2D eigenvalue weighted by atomic mass is 10.2. The Labute approximate surface area is 196 Å². The fourth-order valence-corrected chi connectivity index (χ4v) is 3.11. The zero-order valence-corrected chi connectivity index (χ0v) is 19.2. The average molecular weight is 472 g/mol. The first-order chi connectivity index (χ1) is 15.3. The van der Waals surface area contributed by atoms with Crippen LogP contribution in [0.25, 0.3) is 17.4 Å². The molecule has 0 aliphatic carbocycles. The Morgan fingerprint density at radius 3 is 2.44 bits per heavy atom. The predicted molar refractivity (Wildman–Crippen MR) is 128 cm³/mol. The summed E-state index contributed by atoms with van der Waals surface area (Å²) >= 11 is 12.1. The first kappa shape index (κ1) is 23.6.